The van der Waals surface area contributed by atoms with E-state index >= 15 is 0 Å². The number of aromatic nitrogens is 3. The van der Waals surface area contributed by atoms with Crippen LogP contribution < -0.4 is 15.8 Å². The molecule has 0 unspecified atom stereocenters. The van der Waals surface area contributed by atoms with Crippen molar-refractivity contribution in [2.24, 2.45) is 12.8 Å². The summed E-state index contributed by atoms with van der Waals surface area (Å²) < 4.78 is 34.2. The second-order valence-electron chi connectivity index (χ2n) is 7.46. The van der Waals surface area contributed by atoms with Crippen molar-refractivity contribution in [2.45, 2.75) is 6.42 Å². The maximum atomic E-state index is 13.4. The van der Waals surface area contributed by atoms with Crippen molar-refractivity contribution in [1.82, 2.24) is 14.8 Å². The minimum absolute atomic E-state index is 0.0119. The molecule has 4 rings (SSSR count). The number of nitrogens with one attached hydrogen (secondary N) is 1. The Hall–Kier alpha value is -4.60. The molecule has 0 aliphatic rings. The van der Waals surface area contributed by atoms with Crippen molar-refractivity contribution >= 4 is 17.5 Å². The third-order valence-corrected chi connectivity index (χ3v) is 4.79. The van der Waals surface area contributed by atoms with Gasteiger partial charge in [0.05, 0.1) is 29.6 Å². The van der Waals surface area contributed by atoms with Crippen LogP contribution >= 0.6 is 0 Å². The SMILES string of the molecule is Cn1cc(-c2cc(Oc3ccc(NC(=O)Cc4cc(F)cc(F)c4)c(C(N)=O)c3)ccn2)cn1. The van der Waals surface area contributed by atoms with Gasteiger partial charge in [0.2, 0.25) is 5.91 Å². The number of anilines is 1. The number of primary amides is 1. The summed E-state index contributed by atoms with van der Waals surface area (Å²) >= 11 is 0. The predicted molar refractivity (Wildman–Crippen MR) is 120 cm³/mol. The maximum Gasteiger partial charge on any atom is 0.250 e. The summed E-state index contributed by atoms with van der Waals surface area (Å²) in [7, 11) is 1.80. The molecule has 172 valence electrons. The number of carbonyl (C=O) groups is 2. The lowest BCUT2D eigenvalue weighted by Gasteiger charge is -2.12. The Bertz CT molecular complexity index is 1370. The third kappa shape index (κ3) is 5.41. The Kier molecular flexibility index (Phi) is 6.30. The fourth-order valence-corrected chi connectivity index (χ4v) is 3.31. The lowest BCUT2D eigenvalue weighted by Crippen LogP contribution is -2.19. The molecule has 0 spiro atoms. The van der Waals surface area contributed by atoms with Crippen molar-refractivity contribution in [3.63, 3.8) is 0 Å². The van der Waals surface area contributed by atoms with Gasteiger partial charge in [-0.3, -0.25) is 19.3 Å². The summed E-state index contributed by atoms with van der Waals surface area (Å²) in [6.07, 6.45) is 4.77. The highest BCUT2D eigenvalue weighted by molar-refractivity contribution is 6.03. The van der Waals surface area contributed by atoms with Gasteiger partial charge in [-0.25, -0.2) is 8.78 Å². The van der Waals surface area contributed by atoms with Gasteiger partial charge in [0.1, 0.15) is 23.1 Å². The molecule has 3 N–H and O–H groups in total. The number of amides is 2. The van der Waals surface area contributed by atoms with Gasteiger partial charge in [0, 0.05) is 37.1 Å². The van der Waals surface area contributed by atoms with Gasteiger partial charge in [0.25, 0.3) is 5.91 Å². The number of ether oxygens (including phenoxy) is 1. The van der Waals surface area contributed by atoms with Crippen LogP contribution in [0.1, 0.15) is 15.9 Å². The topological polar surface area (TPSA) is 112 Å². The van der Waals surface area contributed by atoms with Crippen LogP contribution in [0.4, 0.5) is 14.5 Å². The van der Waals surface area contributed by atoms with E-state index in [9.17, 15) is 18.4 Å². The molecule has 2 heterocycles. The number of nitrogens with zero attached hydrogens (tertiary/aromatic N) is 3. The molecule has 0 aliphatic carbocycles. The maximum absolute atomic E-state index is 13.4. The van der Waals surface area contributed by atoms with Crippen molar-refractivity contribution in [3.05, 3.63) is 89.9 Å². The van der Waals surface area contributed by atoms with Crippen LogP contribution in [0.5, 0.6) is 11.5 Å². The third-order valence-electron chi connectivity index (χ3n) is 4.79. The highest BCUT2D eigenvalue weighted by Gasteiger charge is 2.15. The molecular weight excluding hydrogens is 444 g/mol. The number of halogens is 2. The predicted octanol–water partition coefficient (Wildman–Crippen LogP) is 3.83. The molecule has 34 heavy (non-hydrogen) atoms. The molecule has 4 aromatic rings. The highest BCUT2D eigenvalue weighted by Crippen LogP contribution is 2.28. The van der Waals surface area contributed by atoms with E-state index in [1.54, 1.807) is 42.3 Å². The van der Waals surface area contributed by atoms with Crippen LogP contribution in [-0.4, -0.2) is 26.6 Å². The normalized spacial score (nSPS) is 10.7. The van der Waals surface area contributed by atoms with Gasteiger partial charge in [-0.1, -0.05) is 0 Å². The molecule has 0 fully saturated rings. The lowest BCUT2D eigenvalue weighted by atomic mass is 10.1. The van der Waals surface area contributed by atoms with E-state index in [2.05, 4.69) is 15.4 Å². The Balaban J connectivity index is 1.51. The van der Waals surface area contributed by atoms with Gasteiger partial charge in [0.15, 0.2) is 0 Å². The molecule has 0 radical (unpaired) electrons. The highest BCUT2D eigenvalue weighted by atomic mass is 19.1. The van der Waals surface area contributed by atoms with Gasteiger partial charge in [-0.2, -0.15) is 5.10 Å². The molecule has 0 saturated heterocycles. The first-order chi connectivity index (χ1) is 16.3. The number of hydrogen-bond donors (Lipinski definition) is 2. The fourth-order valence-electron chi connectivity index (χ4n) is 3.31. The first kappa shape index (κ1) is 22.6. The quantitative estimate of drug-likeness (QED) is 0.433. The van der Waals surface area contributed by atoms with E-state index < -0.39 is 23.4 Å². The Morgan fingerprint density at radius 2 is 1.79 bits per heavy atom. The molecule has 10 heteroatoms. The van der Waals surface area contributed by atoms with Gasteiger partial charge in [-0.15, -0.1) is 0 Å². The number of rotatable bonds is 7. The molecule has 2 amide bonds. The minimum atomic E-state index is -0.789. The first-order valence-electron chi connectivity index (χ1n) is 10.1. The molecule has 2 aromatic carbocycles. The van der Waals surface area contributed by atoms with Crippen molar-refractivity contribution in [2.75, 3.05) is 5.32 Å². The zero-order valence-electron chi connectivity index (χ0n) is 18.0. The molecular formula is C24H19F2N5O3. The molecule has 8 nitrogen and oxygen atoms in total. The average Bonchev–Trinajstić information content (AvgIpc) is 3.20. The van der Waals surface area contributed by atoms with Crippen LogP contribution in [0.15, 0.2) is 67.1 Å². The van der Waals surface area contributed by atoms with Gasteiger partial charge < -0.3 is 15.8 Å². The van der Waals surface area contributed by atoms with Crippen LogP contribution in [-0.2, 0) is 18.3 Å². The molecule has 0 bridgehead atoms. The van der Waals surface area contributed by atoms with Crippen molar-refractivity contribution < 1.29 is 23.1 Å². The summed E-state index contributed by atoms with van der Waals surface area (Å²) in [6.45, 7) is 0. The second-order valence-corrected chi connectivity index (χ2v) is 7.46. The van der Waals surface area contributed by atoms with E-state index in [1.165, 1.54) is 12.1 Å². The standard InChI is InChI=1S/C24H19F2N5O3/c1-31-13-15(12-29-31)22-11-19(4-5-28-22)34-18-2-3-21(20(10-18)24(27)33)30-23(32)8-14-6-16(25)9-17(26)7-14/h2-7,9-13H,8H2,1H3,(H2,27,33)(H,30,32). The van der Waals surface area contributed by atoms with E-state index in [4.69, 9.17) is 10.5 Å². The summed E-state index contributed by atoms with van der Waals surface area (Å²) in [5, 5.41) is 6.66. The molecule has 0 aliphatic heterocycles. The molecule has 2 aromatic heterocycles. The van der Waals surface area contributed by atoms with E-state index in [1.807, 2.05) is 6.20 Å². The number of nitrogens with two attached hydrogens (primary N) is 1. The van der Waals surface area contributed by atoms with Crippen LogP contribution in [0.3, 0.4) is 0 Å². The minimum Gasteiger partial charge on any atom is -0.457 e. The number of carbonyl (C=O) groups excluding carboxylic acids is 2. The summed E-state index contributed by atoms with van der Waals surface area (Å²) in [6, 6.07) is 10.6. The van der Waals surface area contributed by atoms with Gasteiger partial charge in [-0.05, 0) is 42.0 Å². The smallest absolute Gasteiger partial charge is 0.250 e. The largest absolute Gasteiger partial charge is 0.457 e. The summed E-state index contributed by atoms with van der Waals surface area (Å²) in [5.41, 5.74) is 7.25. The van der Waals surface area contributed by atoms with E-state index in [0.29, 0.717) is 23.3 Å². The lowest BCUT2D eigenvalue weighted by molar-refractivity contribution is -0.115. The Labute approximate surface area is 193 Å². The Morgan fingerprint density at radius 1 is 1.06 bits per heavy atom. The first-order valence-corrected chi connectivity index (χ1v) is 10.1. The average molecular weight is 463 g/mol. The van der Waals surface area contributed by atoms with Crippen LogP contribution in [0.2, 0.25) is 0 Å². The van der Waals surface area contributed by atoms with Crippen LogP contribution in [0, 0.1) is 11.6 Å². The number of hydrogen-bond acceptors (Lipinski definition) is 5. The zero-order valence-corrected chi connectivity index (χ0v) is 18.0. The van der Waals surface area contributed by atoms with Crippen molar-refractivity contribution in [1.29, 1.82) is 0 Å². The van der Waals surface area contributed by atoms with E-state index in [0.717, 1.165) is 17.7 Å². The molecule has 0 saturated carbocycles. The number of pyridine rings is 1. The Morgan fingerprint density at radius 3 is 2.47 bits per heavy atom. The van der Waals surface area contributed by atoms with E-state index in [-0.39, 0.29) is 23.2 Å². The van der Waals surface area contributed by atoms with Gasteiger partial charge >= 0.3 is 0 Å². The summed E-state index contributed by atoms with van der Waals surface area (Å²) in [5.74, 6) is -2.16. The number of benzene rings is 2. The molecule has 0 atom stereocenters. The zero-order chi connectivity index (χ0) is 24.2. The van der Waals surface area contributed by atoms with Crippen LogP contribution in [0.25, 0.3) is 11.3 Å². The monoisotopic (exact) mass is 463 g/mol. The second kappa shape index (κ2) is 9.49. The summed E-state index contributed by atoms with van der Waals surface area (Å²) in [4.78, 5) is 28.7. The van der Waals surface area contributed by atoms with Crippen molar-refractivity contribution in [3.8, 4) is 22.8 Å². The fraction of sp³-hybridized carbons (Fsp3) is 0.0833. The number of aryl methyl sites for hydroxylation is 1.